The molecule has 0 heterocycles. The first kappa shape index (κ1) is 15.5. The van der Waals surface area contributed by atoms with Gasteiger partial charge >= 0.3 is 0 Å². The Morgan fingerprint density at radius 2 is 1.74 bits per heavy atom. The zero-order valence-corrected chi connectivity index (χ0v) is 13.4. The van der Waals surface area contributed by atoms with Gasteiger partial charge in [0.15, 0.2) is 0 Å². The first-order chi connectivity index (χ1) is 8.72. The van der Waals surface area contributed by atoms with Gasteiger partial charge in [-0.2, -0.15) is 0 Å². The number of ketones is 1. The second kappa shape index (κ2) is 6.03. The highest BCUT2D eigenvalue weighted by atomic mass is 28.3. The normalized spacial score (nSPS) is 12.1. The largest absolute Gasteiger partial charge is 0.280 e. The van der Waals surface area contributed by atoms with Gasteiger partial charge in [-0.1, -0.05) is 70.3 Å². The Labute approximate surface area is 117 Å². The minimum Gasteiger partial charge on any atom is -0.280 e. The highest BCUT2D eigenvalue weighted by Crippen LogP contribution is 2.35. The van der Waals surface area contributed by atoms with Gasteiger partial charge in [-0.25, -0.2) is 0 Å². The molecule has 0 radical (unpaired) electrons. The molecule has 1 aromatic rings. The summed E-state index contributed by atoms with van der Waals surface area (Å²) >= 11 is 0. The lowest BCUT2D eigenvalue weighted by molar-refractivity contribution is -0.109. The first-order valence-corrected chi connectivity index (χ1v) is 9.53. The maximum atomic E-state index is 11.8. The maximum Gasteiger partial charge on any atom is 0.228 e. The highest BCUT2D eigenvalue weighted by Gasteiger charge is 2.33. The molecule has 0 bridgehead atoms. The molecule has 0 N–H and O–H groups in total. The Kier molecular flexibility index (Phi) is 4.91. The van der Waals surface area contributed by atoms with E-state index in [-0.39, 0.29) is 10.8 Å². The van der Waals surface area contributed by atoms with Crippen LogP contribution in [0.15, 0.2) is 36.4 Å². The van der Waals surface area contributed by atoms with Crippen LogP contribution in [0.3, 0.4) is 0 Å². The van der Waals surface area contributed by atoms with Gasteiger partial charge in [-0.05, 0) is 22.6 Å². The molecule has 2 heteroatoms. The lowest BCUT2D eigenvalue weighted by Gasteiger charge is -2.31. The van der Waals surface area contributed by atoms with Crippen molar-refractivity contribution in [1.82, 2.24) is 0 Å². The zero-order chi connectivity index (χ0) is 14.5. The average molecular weight is 270 g/mol. The number of carbonyl (C=O) groups excluding carboxylic acids is 1. The van der Waals surface area contributed by atoms with E-state index in [0.717, 1.165) is 5.56 Å². The Bertz CT molecular complexity index is 522. The molecule has 1 nitrogen and oxygen atoms in total. The summed E-state index contributed by atoms with van der Waals surface area (Å²) in [4.78, 5) is 11.8. The number of hydrogen-bond donors (Lipinski definition) is 0. The molecule has 19 heavy (non-hydrogen) atoms. The SMILES string of the molecule is CC(C)(C)[Si](C)(C)C#CC(=O)/C=C/c1ccccc1. The molecule has 100 valence electrons. The van der Waals surface area contributed by atoms with Crippen LogP contribution in [-0.2, 0) is 4.79 Å². The van der Waals surface area contributed by atoms with E-state index in [9.17, 15) is 4.79 Å². The minimum absolute atomic E-state index is 0.117. The summed E-state index contributed by atoms with van der Waals surface area (Å²) in [5.74, 6) is 2.67. The van der Waals surface area contributed by atoms with Crippen LogP contribution in [0.2, 0.25) is 18.1 Å². The molecule has 0 aliphatic heterocycles. The van der Waals surface area contributed by atoms with E-state index in [1.165, 1.54) is 0 Å². The van der Waals surface area contributed by atoms with Gasteiger partial charge in [0, 0.05) is 0 Å². The average Bonchev–Trinajstić information content (AvgIpc) is 2.34. The third-order valence-electron chi connectivity index (χ3n) is 3.60. The van der Waals surface area contributed by atoms with Crippen molar-refractivity contribution in [2.75, 3.05) is 0 Å². The number of allylic oxidation sites excluding steroid dienone is 1. The van der Waals surface area contributed by atoms with Crippen molar-refractivity contribution < 1.29 is 4.79 Å². The van der Waals surface area contributed by atoms with Crippen molar-refractivity contribution in [2.45, 2.75) is 38.9 Å². The molecule has 1 rings (SSSR count). The topological polar surface area (TPSA) is 17.1 Å². The fraction of sp³-hybridized carbons (Fsp3) is 0.353. The number of carbonyl (C=O) groups is 1. The van der Waals surface area contributed by atoms with Crippen molar-refractivity contribution in [3.8, 4) is 11.5 Å². The Morgan fingerprint density at radius 3 is 2.26 bits per heavy atom. The molecule has 0 saturated heterocycles. The van der Waals surface area contributed by atoms with Crippen LogP contribution in [0.25, 0.3) is 6.08 Å². The number of hydrogen-bond acceptors (Lipinski definition) is 1. The van der Waals surface area contributed by atoms with E-state index in [4.69, 9.17) is 0 Å². The standard InChI is InChI=1S/C17H22OSi/c1-17(2,3)19(4,5)14-13-16(18)12-11-15-9-7-6-8-10-15/h6-12H,1-5H3/b12-11+. The summed E-state index contributed by atoms with van der Waals surface area (Å²) in [5, 5.41) is 0.184. The van der Waals surface area contributed by atoms with E-state index in [1.54, 1.807) is 6.08 Å². The van der Waals surface area contributed by atoms with Crippen LogP contribution in [0.1, 0.15) is 26.3 Å². The Balaban J connectivity index is 2.75. The molecule has 0 amide bonds. The van der Waals surface area contributed by atoms with Crippen molar-refractivity contribution in [3.05, 3.63) is 42.0 Å². The quantitative estimate of drug-likeness (QED) is 0.444. The monoisotopic (exact) mass is 270 g/mol. The summed E-state index contributed by atoms with van der Waals surface area (Å²) in [6, 6.07) is 9.78. The van der Waals surface area contributed by atoms with E-state index < -0.39 is 8.07 Å². The third-order valence-corrected chi connectivity index (χ3v) is 8.10. The highest BCUT2D eigenvalue weighted by molar-refractivity contribution is 6.87. The second-order valence-corrected chi connectivity index (χ2v) is 11.2. The van der Waals surface area contributed by atoms with Crippen LogP contribution in [-0.4, -0.2) is 13.9 Å². The zero-order valence-electron chi connectivity index (χ0n) is 12.4. The maximum absolute atomic E-state index is 11.8. The smallest absolute Gasteiger partial charge is 0.228 e. The van der Waals surface area contributed by atoms with E-state index >= 15 is 0 Å². The van der Waals surface area contributed by atoms with Gasteiger partial charge in [-0.15, -0.1) is 5.54 Å². The van der Waals surface area contributed by atoms with Gasteiger partial charge in [0.05, 0.1) is 0 Å². The molecule has 0 saturated carbocycles. The molecule has 0 atom stereocenters. The molecular formula is C17H22OSi. The molecule has 0 unspecified atom stereocenters. The number of benzene rings is 1. The van der Waals surface area contributed by atoms with Crippen LogP contribution < -0.4 is 0 Å². The molecule has 0 spiro atoms. The summed E-state index contributed by atoms with van der Waals surface area (Å²) in [6.45, 7) is 11.0. The summed E-state index contributed by atoms with van der Waals surface area (Å²) in [6.07, 6.45) is 3.36. The van der Waals surface area contributed by atoms with Gasteiger partial charge < -0.3 is 0 Å². The molecule has 0 fully saturated rings. The van der Waals surface area contributed by atoms with Gasteiger partial charge in [0.25, 0.3) is 0 Å². The summed E-state index contributed by atoms with van der Waals surface area (Å²) in [7, 11) is -1.69. The molecule has 0 aliphatic rings. The van der Waals surface area contributed by atoms with E-state index in [1.807, 2.05) is 36.4 Å². The van der Waals surface area contributed by atoms with Crippen molar-refractivity contribution in [3.63, 3.8) is 0 Å². The van der Waals surface area contributed by atoms with Crippen LogP contribution in [0, 0.1) is 11.5 Å². The molecule has 0 aromatic heterocycles. The first-order valence-electron chi connectivity index (χ1n) is 6.53. The van der Waals surface area contributed by atoms with Crippen LogP contribution in [0.5, 0.6) is 0 Å². The second-order valence-electron chi connectivity index (χ2n) is 6.23. The number of rotatable bonds is 2. The fourth-order valence-corrected chi connectivity index (χ4v) is 1.99. The summed E-state index contributed by atoms with van der Waals surface area (Å²) < 4.78 is 0. The van der Waals surface area contributed by atoms with E-state index in [2.05, 4.69) is 45.3 Å². The van der Waals surface area contributed by atoms with Gasteiger partial charge in [0.2, 0.25) is 5.78 Å². The van der Waals surface area contributed by atoms with Crippen molar-refractivity contribution >= 4 is 19.9 Å². The lowest BCUT2D eigenvalue weighted by atomic mass is 10.2. The molecular weight excluding hydrogens is 248 g/mol. The molecule has 0 aliphatic carbocycles. The van der Waals surface area contributed by atoms with Crippen molar-refractivity contribution in [1.29, 1.82) is 0 Å². The van der Waals surface area contributed by atoms with Gasteiger partial charge in [0.1, 0.15) is 8.07 Å². The minimum atomic E-state index is -1.69. The predicted octanol–water partition coefficient (Wildman–Crippen LogP) is 4.32. The Morgan fingerprint density at radius 1 is 1.16 bits per heavy atom. The van der Waals surface area contributed by atoms with Crippen LogP contribution in [0.4, 0.5) is 0 Å². The van der Waals surface area contributed by atoms with Crippen LogP contribution >= 0.6 is 0 Å². The van der Waals surface area contributed by atoms with Crippen molar-refractivity contribution in [2.24, 2.45) is 0 Å². The lowest BCUT2D eigenvalue weighted by Crippen LogP contribution is -2.35. The fourth-order valence-electron chi connectivity index (χ4n) is 1.18. The van der Waals surface area contributed by atoms with E-state index in [0.29, 0.717) is 0 Å². The molecule has 1 aromatic carbocycles. The third kappa shape index (κ3) is 4.88. The van der Waals surface area contributed by atoms with Gasteiger partial charge in [-0.3, -0.25) is 4.79 Å². The predicted molar refractivity (Wildman–Crippen MR) is 85.5 cm³/mol. The Hall–Kier alpha value is -1.59. The summed E-state index contributed by atoms with van der Waals surface area (Å²) in [5.41, 5.74) is 4.24.